The molecule has 4 nitrogen and oxygen atoms in total. The zero-order valence-electron chi connectivity index (χ0n) is 13.4. The Labute approximate surface area is 126 Å². The summed E-state index contributed by atoms with van der Waals surface area (Å²) in [5.74, 6) is 0.892. The van der Waals surface area contributed by atoms with Crippen molar-refractivity contribution in [2.75, 3.05) is 13.6 Å². The molecular weight excluding hydrogens is 262 g/mol. The molecule has 1 aromatic carbocycles. The van der Waals surface area contributed by atoms with Crippen LogP contribution in [0.1, 0.15) is 33.0 Å². The fourth-order valence-electron chi connectivity index (χ4n) is 2.47. The number of nitrogens with zero attached hydrogens (tertiary/aromatic N) is 2. The summed E-state index contributed by atoms with van der Waals surface area (Å²) in [4.78, 5) is 17.5. The van der Waals surface area contributed by atoms with Crippen molar-refractivity contribution in [3.8, 4) is 0 Å². The highest BCUT2D eigenvalue weighted by Crippen LogP contribution is 2.18. The lowest BCUT2D eigenvalue weighted by molar-refractivity contribution is 0.330. The summed E-state index contributed by atoms with van der Waals surface area (Å²) < 4.78 is 1.86. The molecule has 114 valence electrons. The van der Waals surface area contributed by atoms with Crippen molar-refractivity contribution in [1.82, 2.24) is 14.9 Å². The van der Waals surface area contributed by atoms with E-state index in [1.807, 2.05) is 35.9 Å². The number of fused-ring (bicyclic) bond motifs is 1. The molecule has 21 heavy (non-hydrogen) atoms. The Morgan fingerprint density at radius 1 is 1.24 bits per heavy atom. The van der Waals surface area contributed by atoms with Gasteiger partial charge in [-0.3, -0.25) is 9.36 Å². The van der Waals surface area contributed by atoms with E-state index in [2.05, 4.69) is 26.1 Å². The van der Waals surface area contributed by atoms with E-state index in [1.165, 1.54) is 0 Å². The molecule has 1 heterocycles. The predicted octanol–water partition coefficient (Wildman–Crippen LogP) is 2.59. The van der Waals surface area contributed by atoms with Crippen molar-refractivity contribution in [3.63, 3.8) is 0 Å². The number of rotatable bonds is 5. The van der Waals surface area contributed by atoms with Gasteiger partial charge in [-0.15, -0.1) is 0 Å². The van der Waals surface area contributed by atoms with Crippen LogP contribution in [0, 0.1) is 5.41 Å². The first-order valence-corrected chi connectivity index (χ1v) is 7.55. The third-order valence-corrected chi connectivity index (χ3v) is 3.40. The number of para-hydroxylation sites is 1. The van der Waals surface area contributed by atoms with Crippen LogP contribution in [0.2, 0.25) is 0 Å². The zero-order chi connectivity index (χ0) is 15.5. The monoisotopic (exact) mass is 287 g/mol. The molecule has 0 saturated carbocycles. The molecule has 0 radical (unpaired) electrons. The second-order valence-corrected chi connectivity index (χ2v) is 6.70. The Balaban J connectivity index is 2.51. The topological polar surface area (TPSA) is 46.9 Å². The fraction of sp³-hybridized carbons (Fsp3) is 0.529. The molecule has 0 spiro atoms. The van der Waals surface area contributed by atoms with Crippen LogP contribution in [0.4, 0.5) is 0 Å². The van der Waals surface area contributed by atoms with Gasteiger partial charge in [0.2, 0.25) is 0 Å². The highest BCUT2D eigenvalue weighted by atomic mass is 16.1. The predicted molar refractivity (Wildman–Crippen MR) is 87.7 cm³/mol. The Bertz CT molecular complexity index is 668. The summed E-state index contributed by atoms with van der Waals surface area (Å²) in [5.41, 5.74) is 0.924. The first-order valence-electron chi connectivity index (χ1n) is 7.55. The van der Waals surface area contributed by atoms with Crippen LogP contribution >= 0.6 is 0 Å². The minimum Gasteiger partial charge on any atom is -0.320 e. The number of hydrogen-bond donors (Lipinski definition) is 1. The minimum absolute atomic E-state index is 0.0473. The van der Waals surface area contributed by atoms with Gasteiger partial charge in [-0.25, -0.2) is 4.98 Å². The van der Waals surface area contributed by atoms with E-state index >= 15 is 0 Å². The van der Waals surface area contributed by atoms with Crippen molar-refractivity contribution in [3.05, 3.63) is 40.4 Å². The summed E-state index contributed by atoms with van der Waals surface area (Å²) in [5, 5.41) is 3.85. The number of nitrogens with one attached hydrogen (secondary N) is 1. The molecule has 0 bridgehead atoms. The van der Waals surface area contributed by atoms with Crippen molar-refractivity contribution < 1.29 is 0 Å². The lowest BCUT2D eigenvalue weighted by Crippen LogP contribution is -2.31. The fourth-order valence-corrected chi connectivity index (χ4v) is 2.47. The lowest BCUT2D eigenvalue weighted by atomic mass is 9.96. The van der Waals surface area contributed by atoms with Gasteiger partial charge < -0.3 is 5.32 Å². The maximum atomic E-state index is 12.8. The average Bonchev–Trinajstić information content (AvgIpc) is 2.42. The summed E-state index contributed by atoms with van der Waals surface area (Å²) in [7, 11) is 1.94. The molecule has 4 heteroatoms. The molecule has 2 rings (SSSR count). The summed E-state index contributed by atoms with van der Waals surface area (Å²) in [6, 6.07) is 7.61. The van der Waals surface area contributed by atoms with Crippen LogP contribution in [0.3, 0.4) is 0 Å². The van der Waals surface area contributed by atoms with Gasteiger partial charge in [0.1, 0.15) is 5.82 Å². The van der Waals surface area contributed by atoms with Gasteiger partial charge in [0.25, 0.3) is 5.56 Å². The maximum Gasteiger partial charge on any atom is 0.261 e. The summed E-state index contributed by atoms with van der Waals surface area (Å²) in [6.45, 7) is 8.06. The van der Waals surface area contributed by atoms with Gasteiger partial charge in [-0.2, -0.15) is 0 Å². The van der Waals surface area contributed by atoms with E-state index in [-0.39, 0.29) is 11.0 Å². The molecule has 0 saturated heterocycles. The van der Waals surface area contributed by atoms with E-state index in [1.54, 1.807) is 0 Å². The Morgan fingerprint density at radius 2 is 1.95 bits per heavy atom. The van der Waals surface area contributed by atoms with E-state index in [9.17, 15) is 4.79 Å². The van der Waals surface area contributed by atoms with Gasteiger partial charge in [-0.1, -0.05) is 32.9 Å². The van der Waals surface area contributed by atoms with Crippen LogP contribution in [0.5, 0.6) is 0 Å². The molecule has 0 fully saturated rings. The van der Waals surface area contributed by atoms with Crippen LogP contribution in [0.15, 0.2) is 29.1 Å². The van der Waals surface area contributed by atoms with Gasteiger partial charge in [0.15, 0.2) is 0 Å². The van der Waals surface area contributed by atoms with Gasteiger partial charge >= 0.3 is 0 Å². The molecule has 0 aliphatic rings. The highest BCUT2D eigenvalue weighted by molar-refractivity contribution is 5.77. The SMILES string of the molecule is CNCCCc1nc2ccccc2c(=O)n1CC(C)(C)C. The van der Waals surface area contributed by atoms with Crippen LogP contribution in [0.25, 0.3) is 10.9 Å². The summed E-state index contributed by atoms with van der Waals surface area (Å²) >= 11 is 0. The van der Waals surface area contributed by atoms with E-state index in [0.29, 0.717) is 11.9 Å². The second kappa shape index (κ2) is 6.39. The molecular formula is C17H25N3O. The largest absolute Gasteiger partial charge is 0.320 e. The zero-order valence-corrected chi connectivity index (χ0v) is 13.4. The number of benzene rings is 1. The summed E-state index contributed by atoms with van der Waals surface area (Å²) in [6.07, 6.45) is 1.79. The first kappa shape index (κ1) is 15.7. The quantitative estimate of drug-likeness (QED) is 0.860. The van der Waals surface area contributed by atoms with Gasteiger partial charge in [0, 0.05) is 13.0 Å². The molecule has 0 aliphatic carbocycles. The van der Waals surface area contributed by atoms with E-state index in [4.69, 9.17) is 4.98 Å². The average molecular weight is 287 g/mol. The van der Waals surface area contributed by atoms with Crippen molar-refractivity contribution in [1.29, 1.82) is 0 Å². The molecule has 0 unspecified atom stereocenters. The second-order valence-electron chi connectivity index (χ2n) is 6.70. The van der Waals surface area contributed by atoms with Crippen molar-refractivity contribution in [2.45, 2.75) is 40.2 Å². The molecule has 0 aliphatic heterocycles. The third kappa shape index (κ3) is 3.91. The third-order valence-electron chi connectivity index (χ3n) is 3.40. The van der Waals surface area contributed by atoms with Crippen molar-refractivity contribution >= 4 is 10.9 Å². The molecule has 0 amide bonds. The molecule has 1 aromatic heterocycles. The normalized spacial score (nSPS) is 12.0. The van der Waals surface area contributed by atoms with Crippen LogP contribution in [-0.2, 0) is 13.0 Å². The lowest BCUT2D eigenvalue weighted by Gasteiger charge is -2.22. The first-order chi connectivity index (χ1) is 9.92. The Morgan fingerprint density at radius 3 is 2.62 bits per heavy atom. The minimum atomic E-state index is 0.0473. The Kier molecular flexibility index (Phi) is 4.78. The van der Waals surface area contributed by atoms with Gasteiger partial charge in [0.05, 0.1) is 10.9 Å². The molecule has 2 aromatic rings. The smallest absolute Gasteiger partial charge is 0.261 e. The van der Waals surface area contributed by atoms with Gasteiger partial charge in [-0.05, 0) is 37.6 Å². The molecule has 0 atom stereocenters. The number of hydrogen-bond acceptors (Lipinski definition) is 3. The van der Waals surface area contributed by atoms with E-state index < -0.39 is 0 Å². The van der Waals surface area contributed by atoms with Crippen molar-refractivity contribution in [2.24, 2.45) is 5.41 Å². The molecule has 1 N–H and O–H groups in total. The Hall–Kier alpha value is -1.68. The maximum absolute atomic E-state index is 12.8. The highest BCUT2D eigenvalue weighted by Gasteiger charge is 2.17. The number of aryl methyl sites for hydroxylation is 1. The standard InChI is InChI=1S/C17H25N3O/c1-17(2,3)12-20-15(10-7-11-18-4)19-14-9-6-5-8-13(14)16(20)21/h5-6,8-9,18H,7,10-12H2,1-4H3. The van der Waals surface area contributed by atoms with Crippen LogP contribution in [-0.4, -0.2) is 23.1 Å². The van der Waals surface area contributed by atoms with E-state index in [0.717, 1.165) is 30.7 Å². The number of aromatic nitrogens is 2. The van der Waals surface area contributed by atoms with Crippen LogP contribution < -0.4 is 10.9 Å².